The Morgan fingerprint density at radius 2 is 2.17 bits per heavy atom. The van der Waals surface area contributed by atoms with Crippen molar-refractivity contribution in [2.75, 3.05) is 13.1 Å². The first-order valence-electron chi connectivity index (χ1n) is 4.83. The first kappa shape index (κ1) is 7.90. The first-order valence-corrected chi connectivity index (χ1v) is 4.83. The van der Waals surface area contributed by atoms with Crippen LogP contribution in [0.5, 0.6) is 0 Å². The second-order valence-electron chi connectivity index (χ2n) is 3.95. The van der Waals surface area contributed by atoms with Gasteiger partial charge in [-0.3, -0.25) is 0 Å². The van der Waals surface area contributed by atoms with E-state index in [2.05, 4.69) is 12.2 Å². The van der Waals surface area contributed by atoms with E-state index in [1.54, 1.807) is 0 Å². The van der Waals surface area contributed by atoms with Gasteiger partial charge in [0.15, 0.2) is 0 Å². The number of likely N-dealkylation sites (tertiary alicyclic amines) is 1. The Balaban J connectivity index is 1.74. The fraction of sp³-hybridized carbons (Fsp3) is 0.889. The lowest BCUT2D eigenvalue weighted by molar-refractivity contribution is 0.147. The number of hydrogen-bond donors (Lipinski definition) is 1. The van der Waals surface area contributed by atoms with Gasteiger partial charge in [0.25, 0.3) is 0 Å². The van der Waals surface area contributed by atoms with Crippen molar-refractivity contribution in [3.63, 3.8) is 0 Å². The van der Waals surface area contributed by atoms with Crippen molar-refractivity contribution in [3.05, 3.63) is 0 Å². The number of urea groups is 1. The standard InChI is InChI=1S/C9H16N2O/c1-7-3-4-8(7)10-9(12)11-5-2-6-11/h7-8H,2-6H2,1H3,(H,10,12). The third kappa shape index (κ3) is 1.28. The van der Waals surface area contributed by atoms with E-state index in [0.29, 0.717) is 12.0 Å². The zero-order chi connectivity index (χ0) is 8.55. The highest BCUT2D eigenvalue weighted by Crippen LogP contribution is 2.26. The molecule has 3 nitrogen and oxygen atoms in total. The minimum absolute atomic E-state index is 0.151. The summed E-state index contributed by atoms with van der Waals surface area (Å²) in [5.74, 6) is 0.690. The van der Waals surface area contributed by atoms with E-state index in [-0.39, 0.29) is 6.03 Å². The molecule has 1 aliphatic heterocycles. The van der Waals surface area contributed by atoms with E-state index in [0.717, 1.165) is 13.1 Å². The van der Waals surface area contributed by atoms with Gasteiger partial charge in [-0.2, -0.15) is 0 Å². The van der Waals surface area contributed by atoms with Gasteiger partial charge in [-0.15, -0.1) is 0 Å². The number of rotatable bonds is 1. The predicted molar refractivity (Wildman–Crippen MR) is 46.9 cm³/mol. The molecule has 1 N–H and O–H groups in total. The van der Waals surface area contributed by atoms with Crippen molar-refractivity contribution in [2.45, 2.75) is 32.2 Å². The number of nitrogens with zero attached hydrogens (tertiary/aromatic N) is 1. The molecule has 1 heterocycles. The molecule has 2 unspecified atom stereocenters. The maximum atomic E-state index is 11.4. The molecular formula is C9H16N2O. The minimum Gasteiger partial charge on any atom is -0.335 e. The zero-order valence-electron chi connectivity index (χ0n) is 7.55. The Kier molecular flexibility index (Phi) is 1.95. The van der Waals surface area contributed by atoms with Crippen LogP contribution in [0.3, 0.4) is 0 Å². The Hall–Kier alpha value is -0.730. The van der Waals surface area contributed by atoms with E-state index in [1.807, 2.05) is 4.90 Å². The van der Waals surface area contributed by atoms with Gasteiger partial charge < -0.3 is 10.2 Å². The van der Waals surface area contributed by atoms with Gasteiger partial charge in [-0.25, -0.2) is 4.79 Å². The van der Waals surface area contributed by atoms with Gasteiger partial charge in [0.05, 0.1) is 0 Å². The molecule has 0 aromatic heterocycles. The van der Waals surface area contributed by atoms with Crippen molar-refractivity contribution in [2.24, 2.45) is 5.92 Å². The lowest BCUT2D eigenvalue weighted by atomic mass is 9.81. The molecule has 2 rings (SSSR count). The monoisotopic (exact) mass is 168 g/mol. The largest absolute Gasteiger partial charge is 0.335 e. The third-order valence-electron chi connectivity index (χ3n) is 3.07. The molecule has 2 atom stereocenters. The van der Waals surface area contributed by atoms with Crippen LogP contribution < -0.4 is 5.32 Å². The predicted octanol–water partition coefficient (Wildman–Crippen LogP) is 1.20. The van der Waals surface area contributed by atoms with Crippen LogP contribution in [-0.4, -0.2) is 30.1 Å². The van der Waals surface area contributed by atoms with Crippen LogP contribution in [0.4, 0.5) is 4.79 Å². The molecule has 1 aliphatic carbocycles. The van der Waals surface area contributed by atoms with Gasteiger partial charge in [0.2, 0.25) is 0 Å². The molecule has 1 saturated carbocycles. The smallest absolute Gasteiger partial charge is 0.317 e. The summed E-state index contributed by atoms with van der Waals surface area (Å²) in [7, 11) is 0. The van der Waals surface area contributed by atoms with Crippen LogP contribution in [0.25, 0.3) is 0 Å². The maximum Gasteiger partial charge on any atom is 0.317 e. The highest BCUT2D eigenvalue weighted by molar-refractivity contribution is 5.75. The number of hydrogen-bond acceptors (Lipinski definition) is 1. The van der Waals surface area contributed by atoms with Crippen molar-refractivity contribution in [1.82, 2.24) is 10.2 Å². The normalized spacial score (nSPS) is 33.6. The van der Waals surface area contributed by atoms with E-state index < -0.39 is 0 Å². The fourth-order valence-electron chi connectivity index (χ4n) is 1.65. The molecular weight excluding hydrogens is 152 g/mol. The second-order valence-corrected chi connectivity index (χ2v) is 3.95. The van der Waals surface area contributed by atoms with Crippen LogP contribution >= 0.6 is 0 Å². The fourth-order valence-corrected chi connectivity index (χ4v) is 1.65. The molecule has 0 aromatic rings. The molecule has 68 valence electrons. The third-order valence-corrected chi connectivity index (χ3v) is 3.07. The Morgan fingerprint density at radius 3 is 2.50 bits per heavy atom. The average molecular weight is 168 g/mol. The lowest BCUT2D eigenvalue weighted by Crippen LogP contribution is -2.54. The number of amides is 2. The van der Waals surface area contributed by atoms with E-state index in [1.165, 1.54) is 19.3 Å². The van der Waals surface area contributed by atoms with Crippen molar-refractivity contribution in [3.8, 4) is 0 Å². The summed E-state index contributed by atoms with van der Waals surface area (Å²) in [4.78, 5) is 13.3. The molecule has 3 heteroatoms. The summed E-state index contributed by atoms with van der Waals surface area (Å²) < 4.78 is 0. The quantitative estimate of drug-likeness (QED) is 0.627. The topological polar surface area (TPSA) is 32.3 Å². The lowest BCUT2D eigenvalue weighted by Gasteiger charge is -2.38. The number of carbonyl (C=O) groups is 1. The van der Waals surface area contributed by atoms with Gasteiger partial charge in [0.1, 0.15) is 0 Å². The molecule has 1 saturated heterocycles. The van der Waals surface area contributed by atoms with Crippen molar-refractivity contribution >= 4 is 6.03 Å². The zero-order valence-corrected chi connectivity index (χ0v) is 7.55. The molecule has 0 radical (unpaired) electrons. The van der Waals surface area contributed by atoms with E-state index >= 15 is 0 Å². The van der Waals surface area contributed by atoms with E-state index in [4.69, 9.17) is 0 Å². The molecule has 0 aromatic carbocycles. The second kappa shape index (κ2) is 2.96. The summed E-state index contributed by atoms with van der Waals surface area (Å²) in [5.41, 5.74) is 0. The van der Waals surface area contributed by atoms with Crippen LogP contribution in [-0.2, 0) is 0 Å². The Morgan fingerprint density at radius 1 is 1.42 bits per heavy atom. The maximum absolute atomic E-state index is 11.4. The van der Waals surface area contributed by atoms with E-state index in [9.17, 15) is 4.79 Å². The summed E-state index contributed by atoms with van der Waals surface area (Å²) in [5, 5.41) is 3.06. The summed E-state index contributed by atoms with van der Waals surface area (Å²) in [6, 6.07) is 0.607. The summed E-state index contributed by atoms with van der Waals surface area (Å²) in [6.45, 7) is 4.10. The SMILES string of the molecule is CC1CCC1NC(=O)N1CCC1. The van der Waals surface area contributed by atoms with Crippen LogP contribution in [0.15, 0.2) is 0 Å². The van der Waals surface area contributed by atoms with Gasteiger partial charge >= 0.3 is 6.03 Å². The Labute approximate surface area is 73.1 Å². The minimum atomic E-state index is 0.151. The molecule has 0 spiro atoms. The average Bonchev–Trinajstić information content (AvgIpc) is 1.94. The van der Waals surface area contributed by atoms with Crippen LogP contribution in [0, 0.1) is 5.92 Å². The molecule has 2 aliphatic rings. The highest BCUT2D eigenvalue weighted by atomic mass is 16.2. The van der Waals surface area contributed by atoms with Gasteiger partial charge in [0, 0.05) is 19.1 Å². The summed E-state index contributed by atoms with van der Waals surface area (Å²) in [6.07, 6.45) is 3.61. The van der Waals surface area contributed by atoms with Crippen molar-refractivity contribution in [1.29, 1.82) is 0 Å². The van der Waals surface area contributed by atoms with Crippen molar-refractivity contribution < 1.29 is 4.79 Å². The molecule has 2 fully saturated rings. The van der Waals surface area contributed by atoms with Gasteiger partial charge in [-0.1, -0.05) is 6.92 Å². The molecule has 2 amide bonds. The number of nitrogens with one attached hydrogen (secondary N) is 1. The number of carbonyl (C=O) groups excluding carboxylic acids is 1. The Bertz CT molecular complexity index is 189. The molecule has 0 bridgehead atoms. The van der Waals surface area contributed by atoms with Crippen LogP contribution in [0.1, 0.15) is 26.2 Å². The summed E-state index contributed by atoms with van der Waals surface area (Å²) >= 11 is 0. The van der Waals surface area contributed by atoms with Crippen LogP contribution in [0.2, 0.25) is 0 Å². The highest BCUT2D eigenvalue weighted by Gasteiger charge is 2.30. The molecule has 12 heavy (non-hydrogen) atoms. The van der Waals surface area contributed by atoms with Gasteiger partial charge in [-0.05, 0) is 25.2 Å². The first-order chi connectivity index (χ1) is 5.77.